The monoisotopic (exact) mass is 634 g/mol. The van der Waals surface area contributed by atoms with Crippen LogP contribution in [0, 0.1) is 0 Å². The van der Waals surface area contributed by atoms with Crippen molar-refractivity contribution in [2.24, 2.45) is 0 Å². The molecule has 0 N–H and O–H groups in total. The number of benzene rings is 7. The van der Waals surface area contributed by atoms with Crippen molar-refractivity contribution >= 4 is 81.6 Å². The van der Waals surface area contributed by atoms with E-state index in [1.54, 1.807) is 11.3 Å². The number of nitrogens with zero attached hydrogens (tertiary/aromatic N) is 2. The van der Waals surface area contributed by atoms with E-state index in [1.807, 2.05) is 42.5 Å². The summed E-state index contributed by atoms with van der Waals surface area (Å²) in [6, 6.07) is 54.9. The van der Waals surface area contributed by atoms with E-state index in [0.717, 1.165) is 71.1 Å². The molecule has 5 heteroatoms. The Morgan fingerprint density at radius 3 is 1.96 bits per heavy atom. The molecule has 0 radical (unpaired) electrons. The fourth-order valence-corrected chi connectivity index (χ4v) is 8.05. The molecule has 3 heterocycles. The summed E-state index contributed by atoms with van der Waals surface area (Å²) < 4.78 is 15.2. The maximum Gasteiger partial charge on any atom is 0.227 e. The molecule has 3 aromatic heterocycles. The second-order valence-electron chi connectivity index (χ2n) is 12.0. The highest BCUT2D eigenvalue weighted by Gasteiger charge is 2.24. The van der Waals surface area contributed by atoms with Crippen LogP contribution in [0.25, 0.3) is 75.8 Å². The lowest BCUT2D eigenvalue weighted by molar-refractivity contribution is 0.623. The van der Waals surface area contributed by atoms with E-state index >= 15 is 0 Å². The fourth-order valence-electron chi connectivity index (χ4n) is 6.84. The Labute approximate surface area is 279 Å². The Morgan fingerprint density at radius 1 is 0.500 bits per heavy atom. The smallest absolute Gasteiger partial charge is 0.227 e. The zero-order valence-electron chi connectivity index (χ0n) is 25.6. The normalized spacial score (nSPS) is 11.8. The van der Waals surface area contributed by atoms with Gasteiger partial charge in [-0.3, -0.25) is 0 Å². The summed E-state index contributed by atoms with van der Waals surface area (Å²) in [6.45, 7) is 0. The average molecular weight is 635 g/mol. The first-order valence-electron chi connectivity index (χ1n) is 16.0. The number of hydrogen-bond acceptors (Lipinski definition) is 5. The van der Waals surface area contributed by atoms with Crippen LogP contribution in [0.15, 0.2) is 167 Å². The van der Waals surface area contributed by atoms with Gasteiger partial charge in [0.2, 0.25) is 5.89 Å². The molecule has 10 aromatic rings. The Morgan fingerprint density at radius 2 is 1.15 bits per heavy atom. The molecular formula is C43H26N2O2S. The van der Waals surface area contributed by atoms with Crippen molar-refractivity contribution in [3.8, 4) is 22.6 Å². The van der Waals surface area contributed by atoms with Crippen molar-refractivity contribution in [1.29, 1.82) is 0 Å². The standard InChI is InChI=1S/C43H26N2O2S/c1-3-11-27(12-4-1)28-19-21-30(22-20-28)45(31-23-24-38-34(25-31)32-15-7-9-17-37(32)46-38)36-26-35-41(47-43(44-35)29-13-5-2-6-14-29)40-33-16-8-10-18-39(33)48-42(36)40/h1-26H. The van der Waals surface area contributed by atoms with Crippen LogP contribution < -0.4 is 4.90 Å². The Balaban J connectivity index is 1.26. The van der Waals surface area contributed by atoms with E-state index in [1.165, 1.54) is 15.8 Å². The van der Waals surface area contributed by atoms with Crippen LogP contribution >= 0.6 is 11.3 Å². The SMILES string of the molecule is c1ccc(-c2ccc(N(c3ccc4oc5ccccc5c4c3)c3cc4nc(-c5ccccc5)oc4c4c3sc3ccccc34)cc2)cc1. The summed E-state index contributed by atoms with van der Waals surface area (Å²) in [4.78, 5) is 7.43. The van der Waals surface area contributed by atoms with Crippen LogP contribution in [0.3, 0.4) is 0 Å². The predicted octanol–water partition coefficient (Wildman–Crippen LogP) is 12.9. The topological polar surface area (TPSA) is 42.4 Å². The number of rotatable bonds is 5. The van der Waals surface area contributed by atoms with Gasteiger partial charge < -0.3 is 13.7 Å². The molecule has 0 bridgehead atoms. The van der Waals surface area contributed by atoms with Gasteiger partial charge in [-0.05, 0) is 71.8 Å². The maximum atomic E-state index is 6.60. The van der Waals surface area contributed by atoms with Gasteiger partial charge in [0.25, 0.3) is 0 Å². The second-order valence-corrected chi connectivity index (χ2v) is 13.0. The van der Waals surface area contributed by atoms with E-state index in [4.69, 9.17) is 13.8 Å². The minimum absolute atomic E-state index is 0.615. The zero-order valence-corrected chi connectivity index (χ0v) is 26.4. The first kappa shape index (κ1) is 27.0. The van der Waals surface area contributed by atoms with Gasteiger partial charge in [0, 0.05) is 43.2 Å². The molecule has 10 rings (SSSR count). The van der Waals surface area contributed by atoms with Gasteiger partial charge >= 0.3 is 0 Å². The van der Waals surface area contributed by atoms with Crippen molar-refractivity contribution in [2.45, 2.75) is 0 Å². The third kappa shape index (κ3) is 4.25. The number of furan rings is 1. The molecule has 0 atom stereocenters. The Bertz CT molecular complexity index is 2780. The fraction of sp³-hybridized carbons (Fsp3) is 0. The van der Waals surface area contributed by atoms with Crippen molar-refractivity contribution in [1.82, 2.24) is 4.98 Å². The van der Waals surface area contributed by atoms with Crippen LogP contribution in [-0.4, -0.2) is 4.98 Å². The molecular weight excluding hydrogens is 609 g/mol. The highest BCUT2D eigenvalue weighted by atomic mass is 32.1. The Kier molecular flexibility index (Phi) is 6.01. The molecule has 0 aliphatic heterocycles. The molecule has 48 heavy (non-hydrogen) atoms. The first-order chi connectivity index (χ1) is 23.8. The number of oxazole rings is 1. The third-order valence-corrected chi connectivity index (χ3v) is 10.3. The van der Waals surface area contributed by atoms with Crippen LogP contribution in [0.4, 0.5) is 17.1 Å². The average Bonchev–Trinajstić information content (AvgIpc) is 3.86. The van der Waals surface area contributed by atoms with Crippen LogP contribution in [0.5, 0.6) is 0 Å². The molecule has 0 saturated heterocycles. The van der Waals surface area contributed by atoms with Gasteiger partial charge in [0.15, 0.2) is 5.58 Å². The first-order valence-corrected chi connectivity index (χ1v) is 16.8. The molecule has 0 amide bonds. The summed E-state index contributed by atoms with van der Waals surface area (Å²) in [5.41, 5.74) is 9.81. The number of fused-ring (bicyclic) bond motifs is 8. The molecule has 0 aliphatic rings. The lowest BCUT2D eigenvalue weighted by atomic mass is 10.0. The molecule has 4 nitrogen and oxygen atoms in total. The van der Waals surface area contributed by atoms with Crippen molar-refractivity contribution in [3.05, 3.63) is 158 Å². The van der Waals surface area contributed by atoms with Gasteiger partial charge in [0.1, 0.15) is 16.7 Å². The summed E-state index contributed by atoms with van der Waals surface area (Å²) in [6.07, 6.45) is 0. The zero-order chi connectivity index (χ0) is 31.6. The van der Waals surface area contributed by atoms with E-state index in [2.05, 4.69) is 120 Å². The van der Waals surface area contributed by atoms with Crippen molar-refractivity contribution in [3.63, 3.8) is 0 Å². The molecule has 0 spiro atoms. The molecule has 226 valence electrons. The quantitative estimate of drug-likeness (QED) is 0.189. The second kappa shape index (κ2) is 10.7. The van der Waals surface area contributed by atoms with Gasteiger partial charge in [-0.1, -0.05) is 97.1 Å². The minimum Gasteiger partial charge on any atom is -0.456 e. The van der Waals surface area contributed by atoms with Crippen LogP contribution in [0.2, 0.25) is 0 Å². The Hall–Kier alpha value is -6.17. The van der Waals surface area contributed by atoms with Gasteiger partial charge in [-0.2, -0.15) is 0 Å². The van der Waals surface area contributed by atoms with Crippen molar-refractivity contribution in [2.75, 3.05) is 4.90 Å². The van der Waals surface area contributed by atoms with E-state index in [-0.39, 0.29) is 0 Å². The number of aromatic nitrogens is 1. The molecule has 7 aromatic carbocycles. The predicted molar refractivity (Wildman–Crippen MR) is 200 cm³/mol. The highest BCUT2D eigenvalue weighted by Crippen LogP contribution is 2.49. The van der Waals surface area contributed by atoms with Gasteiger partial charge in [-0.15, -0.1) is 11.3 Å². The van der Waals surface area contributed by atoms with Gasteiger partial charge in [0.05, 0.1) is 10.4 Å². The van der Waals surface area contributed by atoms with Crippen molar-refractivity contribution < 1.29 is 8.83 Å². The number of hydrogen-bond donors (Lipinski definition) is 0. The molecule has 0 aliphatic carbocycles. The lowest BCUT2D eigenvalue weighted by Gasteiger charge is -2.26. The number of thiophene rings is 1. The summed E-state index contributed by atoms with van der Waals surface area (Å²) >= 11 is 1.79. The molecule has 0 unspecified atom stereocenters. The summed E-state index contributed by atoms with van der Waals surface area (Å²) in [5, 5.41) is 4.42. The van der Waals surface area contributed by atoms with Crippen LogP contribution in [0.1, 0.15) is 0 Å². The van der Waals surface area contributed by atoms with E-state index in [0.29, 0.717) is 5.89 Å². The van der Waals surface area contributed by atoms with E-state index in [9.17, 15) is 0 Å². The van der Waals surface area contributed by atoms with Gasteiger partial charge in [-0.25, -0.2) is 4.98 Å². The largest absolute Gasteiger partial charge is 0.456 e. The molecule has 0 fully saturated rings. The highest BCUT2D eigenvalue weighted by molar-refractivity contribution is 7.26. The number of para-hydroxylation sites is 1. The van der Waals surface area contributed by atoms with E-state index < -0.39 is 0 Å². The summed E-state index contributed by atoms with van der Waals surface area (Å²) in [5.74, 6) is 0.615. The maximum absolute atomic E-state index is 6.60. The summed E-state index contributed by atoms with van der Waals surface area (Å²) in [7, 11) is 0. The molecule has 0 saturated carbocycles. The lowest BCUT2D eigenvalue weighted by Crippen LogP contribution is -2.10. The van der Waals surface area contributed by atoms with Crippen LogP contribution in [-0.2, 0) is 0 Å². The minimum atomic E-state index is 0.615. The third-order valence-electron chi connectivity index (χ3n) is 9.09. The number of anilines is 3.